The summed E-state index contributed by atoms with van der Waals surface area (Å²) in [5, 5.41) is 14.1. The third-order valence-electron chi connectivity index (χ3n) is 2.75. The molecule has 1 heterocycles. The van der Waals surface area contributed by atoms with Crippen LogP contribution >= 0.6 is 0 Å². The predicted octanol–water partition coefficient (Wildman–Crippen LogP) is 2.12. The van der Waals surface area contributed by atoms with Gasteiger partial charge in [-0.05, 0) is 22.9 Å². The summed E-state index contributed by atoms with van der Waals surface area (Å²) in [5.74, 6) is 0.698. The Hall–Kier alpha value is -2.07. The van der Waals surface area contributed by atoms with Gasteiger partial charge in [0.2, 0.25) is 5.95 Å². The molecule has 0 aliphatic carbocycles. The summed E-state index contributed by atoms with van der Waals surface area (Å²) in [7, 11) is 0. The van der Waals surface area contributed by atoms with E-state index in [0.717, 1.165) is 11.0 Å². The summed E-state index contributed by atoms with van der Waals surface area (Å²) in [4.78, 5) is 7.61. The SMILES string of the molecule is OCCNc1nc2cc3ccccc3cc2[nH]1. The van der Waals surface area contributed by atoms with Crippen LogP contribution in [0.25, 0.3) is 21.8 Å². The maximum Gasteiger partial charge on any atom is 0.201 e. The number of aliphatic hydroxyl groups is 1. The molecule has 2 aromatic carbocycles. The van der Waals surface area contributed by atoms with Gasteiger partial charge >= 0.3 is 0 Å². The molecule has 4 heteroatoms. The molecular formula is C13H13N3O. The Morgan fingerprint density at radius 3 is 2.71 bits per heavy atom. The quantitative estimate of drug-likeness (QED) is 0.642. The van der Waals surface area contributed by atoms with Crippen molar-refractivity contribution in [3.63, 3.8) is 0 Å². The fourth-order valence-electron chi connectivity index (χ4n) is 1.95. The molecule has 3 aromatic rings. The highest BCUT2D eigenvalue weighted by Crippen LogP contribution is 2.22. The number of aromatic amines is 1. The van der Waals surface area contributed by atoms with E-state index in [4.69, 9.17) is 5.11 Å². The van der Waals surface area contributed by atoms with Crippen molar-refractivity contribution in [2.45, 2.75) is 0 Å². The maximum absolute atomic E-state index is 8.75. The van der Waals surface area contributed by atoms with Gasteiger partial charge in [0.15, 0.2) is 0 Å². The number of benzene rings is 2. The molecule has 0 saturated carbocycles. The topological polar surface area (TPSA) is 60.9 Å². The average molecular weight is 227 g/mol. The minimum Gasteiger partial charge on any atom is -0.395 e. The summed E-state index contributed by atoms with van der Waals surface area (Å²) in [5.41, 5.74) is 1.94. The number of hydrogen-bond donors (Lipinski definition) is 3. The van der Waals surface area contributed by atoms with E-state index in [1.54, 1.807) is 0 Å². The van der Waals surface area contributed by atoms with Gasteiger partial charge in [-0.1, -0.05) is 24.3 Å². The Labute approximate surface area is 98.3 Å². The molecule has 0 unspecified atom stereocenters. The molecule has 0 amide bonds. The van der Waals surface area contributed by atoms with Gasteiger partial charge < -0.3 is 15.4 Å². The van der Waals surface area contributed by atoms with Gasteiger partial charge in [-0.2, -0.15) is 0 Å². The molecule has 0 bridgehead atoms. The summed E-state index contributed by atoms with van der Waals surface area (Å²) in [6.45, 7) is 0.596. The molecule has 0 atom stereocenters. The molecule has 0 radical (unpaired) electrons. The second kappa shape index (κ2) is 4.07. The van der Waals surface area contributed by atoms with Crippen LogP contribution in [0.15, 0.2) is 36.4 Å². The van der Waals surface area contributed by atoms with Crippen molar-refractivity contribution >= 4 is 27.8 Å². The average Bonchev–Trinajstić information content (AvgIpc) is 2.75. The molecule has 0 spiro atoms. The lowest BCUT2D eigenvalue weighted by molar-refractivity contribution is 0.311. The number of rotatable bonds is 3. The van der Waals surface area contributed by atoms with Gasteiger partial charge in [0.25, 0.3) is 0 Å². The van der Waals surface area contributed by atoms with E-state index in [0.29, 0.717) is 12.5 Å². The van der Waals surface area contributed by atoms with E-state index in [9.17, 15) is 0 Å². The zero-order chi connectivity index (χ0) is 11.7. The third kappa shape index (κ3) is 1.83. The fraction of sp³-hybridized carbons (Fsp3) is 0.154. The summed E-state index contributed by atoms with van der Waals surface area (Å²) >= 11 is 0. The number of aliphatic hydroxyl groups excluding tert-OH is 1. The minimum atomic E-state index is 0.0963. The lowest BCUT2D eigenvalue weighted by Gasteiger charge is -1.96. The second-order valence-electron chi connectivity index (χ2n) is 3.95. The van der Waals surface area contributed by atoms with Crippen molar-refractivity contribution in [1.29, 1.82) is 0 Å². The molecule has 0 fully saturated rings. The van der Waals surface area contributed by atoms with Gasteiger partial charge in [-0.15, -0.1) is 0 Å². The number of aromatic nitrogens is 2. The van der Waals surface area contributed by atoms with E-state index < -0.39 is 0 Å². The summed E-state index contributed by atoms with van der Waals surface area (Å²) in [6, 6.07) is 12.3. The van der Waals surface area contributed by atoms with Gasteiger partial charge in [0.05, 0.1) is 17.6 Å². The molecule has 0 aliphatic heterocycles. The van der Waals surface area contributed by atoms with Crippen LogP contribution in [0.4, 0.5) is 5.95 Å². The van der Waals surface area contributed by atoms with E-state index in [2.05, 4.69) is 39.6 Å². The Bertz CT molecular complexity index is 607. The van der Waals surface area contributed by atoms with E-state index in [-0.39, 0.29) is 6.61 Å². The normalized spacial score (nSPS) is 11.1. The number of imidazole rings is 1. The Morgan fingerprint density at radius 1 is 1.18 bits per heavy atom. The molecular weight excluding hydrogens is 214 g/mol. The minimum absolute atomic E-state index is 0.0963. The van der Waals surface area contributed by atoms with Crippen LogP contribution in [0.2, 0.25) is 0 Å². The first kappa shape index (κ1) is 10.1. The number of nitrogens with zero attached hydrogens (tertiary/aromatic N) is 1. The standard InChI is InChI=1S/C13H13N3O/c17-6-5-14-13-15-11-7-9-3-1-2-4-10(9)8-12(11)16-13/h1-4,7-8,17H,5-6H2,(H2,14,15,16). The molecule has 0 saturated heterocycles. The lowest BCUT2D eigenvalue weighted by Crippen LogP contribution is -2.06. The van der Waals surface area contributed by atoms with Crippen molar-refractivity contribution in [2.75, 3.05) is 18.5 Å². The van der Waals surface area contributed by atoms with Crippen LogP contribution < -0.4 is 5.32 Å². The van der Waals surface area contributed by atoms with Crippen LogP contribution in [0.1, 0.15) is 0 Å². The van der Waals surface area contributed by atoms with Crippen molar-refractivity contribution in [3.8, 4) is 0 Å². The maximum atomic E-state index is 8.75. The Balaban J connectivity index is 2.11. The lowest BCUT2D eigenvalue weighted by atomic mass is 10.1. The van der Waals surface area contributed by atoms with Crippen LogP contribution in [0.3, 0.4) is 0 Å². The van der Waals surface area contributed by atoms with E-state index in [1.807, 2.05) is 12.1 Å². The van der Waals surface area contributed by atoms with Gasteiger partial charge in [-0.25, -0.2) is 4.98 Å². The first-order valence-corrected chi connectivity index (χ1v) is 5.60. The number of H-pyrrole nitrogens is 1. The molecule has 0 aliphatic rings. The van der Waals surface area contributed by atoms with Gasteiger partial charge in [0, 0.05) is 6.54 Å². The molecule has 3 N–H and O–H groups in total. The first-order valence-electron chi connectivity index (χ1n) is 5.60. The number of fused-ring (bicyclic) bond motifs is 2. The molecule has 3 rings (SSSR count). The van der Waals surface area contributed by atoms with Crippen molar-refractivity contribution < 1.29 is 5.11 Å². The molecule has 86 valence electrons. The zero-order valence-corrected chi connectivity index (χ0v) is 9.27. The summed E-state index contributed by atoms with van der Waals surface area (Å²) < 4.78 is 0. The van der Waals surface area contributed by atoms with Crippen LogP contribution in [-0.4, -0.2) is 28.2 Å². The smallest absolute Gasteiger partial charge is 0.201 e. The molecule has 1 aromatic heterocycles. The predicted molar refractivity (Wildman–Crippen MR) is 69.2 cm³/mol. The summed E-state index contributed by atoms with van der Waals surface area (Å²) in [6.07, 6.45) is 0. The Kier molecular flexibility index (Phi) is 2.42. The van der Waals surface area contributed by atoms with E-state index in [1.165, 1.54) is 10.8 Å². The highest BCUT2D eigenvalue weighted by molar-refractivity contribution is 5.95. The number of nitrogens with one attached hydrogen (secondary N) is 2. The van der Waals surface area contributed by atoms with Crippen molar-refractivity contribution in [2.24, 2.45) is 0 Å². The molecule has 17 heavy (non-hydrogen) atoms. The highest BCUT2D eigenvalue weighted by Gasteiger charge is 2.03. The monoisotopic (exact) mass is 227 g/mol. The number of anilines is 1. The van der Waals surface area contributed by atoms with Gasteiger partial charge in [-0.3, -0.25) is 0 Å². The molecule has 4 nitrogen and oxygen atoms in total. The van der Waals surface area contributed by atoms with Crippen LogP contribution in [-0.2, 0) is 0 Å². The second-order valence-corrected chi connectivity index (χ2v) is 3.95. The Morgan fingerprint density at radius 2 is 1.94 bits per heavy atom. The fourth-order valence-corrected chi connectivity index (χ4v) is 1.95. The third-order valence-corrected chi connectivity index (χ3v) is 2.75. The largest absolute Gasteiger partial charge is 0.395 e. The van der Waals surface area contributed by atoms with Crippen molar-refractivity contribution in [3.05, 3.63) is 36.4 Å². The zero-order valence-electron chi connectivity index (χ0n) is 9.27. The van der Waals surface area contributed by atoms with Crippen molar-refractivity contribution in [1.82, 2.24) is 9.97 Å². The van der Waals surface area contributed by atoms with Crippen LogP contribution in [0, 0.1) is 0 Å². The van der Waals surface area contributed by atoms with Gasteiger partial charge in [0.1, 0.15) is 0 Å². The number of hydrogen-bond acceptors (Lipinski definition) is 3. The van der Waals surface area contributed by atoms with Crippen LogP contribution in [0.5, 0.6) is 0 Å². The van der Waals surface area contributed by atoms with E-state index >= 15 is 0 Å². The first-order chi connectivity index (χ1) is 8.36. The highest BCUT2D eigenvalue weighted by atomic mass is 16.3.